The van der Waals surface area contributed by atoms with Gasteiger partial charge in [-0.05, 0) is 31.9 Å². The van der Waals surface area contributed by atoms with Crippen molar-refractivity contribution in [3.8, 4) is 0 Å². The molecule has 0 radical (unpaired) electrons. The molecule has 1 aromatic carbocycles. The maximum absolute atomic E-state index is 13.0. The highest BCUT2D eigenvalue weighted by Gasteiger charge is 2.34. The maximum atomic E-state index is 13.0. The zero-order valence-corrected chi connectivity index (χ0v) is 15.0. The Morgan fingerprint density at radius 3 is 2.33 bits per heavy atom. The van der Waals surface area contributed by atoms with Gasteiger partial charge in [-0.15, -0.1) is 0 Å². The summed E-state index contributed by atoms with van der Waals surface area (Å²) < 4.78 is 32.6. The van der Waals surface area contributed by atoms with Crippen LogP contribution in [-0.2, 0) is 16.6 Å². The Bertz CT molecular complexity index is 867. The van der Waals surface area contributed by atoms with Gasteiger partial charge in [-0.25, -0.2) is 13.2 Å². The van der Waals surface area contributed by atoms with Crippen LogP contribution in [-0.4, -0.2) is 30.3 Å². The second-order valence-electron chi connectivity index (χ2n) is 5.58. The molecule has 0 aliphatic carbocycles. The third kappa shape index (κ3) is 3.22. The molecular weight excluding hydrogens is 330 g/mol. The molecule has 1 heterocycles. The molecule has 0 aliphatic rings. The van der Waals surface area contributed by atoms with Gasteiger partial charge >= 0.3 is 5.97 Å². The monoisotopic (exact) mass is 351 g/mol. The number of nitrogens with zero attached hydrogens (tertiary/aromatic N) is 1. The SMILES string of the molecule is CCN(Cc1ccccc1C)S(=O)(=O)c1c(C)oc(C)c1C(=O)O. The second-order valence-corrected chi connectivity index (χ2v) is 7.46. The number of sulfonamides is 1. The molecule has 0 saturated heterocycles. The molecule has 0 aliphatic heterocycles. The molecule has 130 valence electrons. The van der Waals surface area contributed by atoms with E-state index in [-0.39, 0.29) is 35.1 Å². The van der Waals surface area contributed by atoms with Crippen LogP contribution in [0.25, 0.3) is 0 Å². The van der Waals surface area contributed by atoms with Gasteiger partial charge in [0.05, 0.1) is 0 Å². The number of carbonyl (C=O) groups is 1. The van der Waals surface area contributed by atoms with Gasteiger partial charge in [0.1, 0.15) is 22.0 Å². The fourth-order valence-electron chi connectivity index (χ4n) is 2.69. The third-order valence-corrected chi connectivity index (χ3v) is 6.05. The smallest absolute Gasteiger partial charge is 0.340 e. The molecule has 0 fully saturated rings. The summed E-state index contributed by atoms with van der Waals surface area (Å²) >= 11 is 0. The first kappa shape index (κ1) is 18.2. The van der Waals surface area contributed by atoms with Crippen molar-refractivity contribution in [2.75, 3.05) is 6.54 Å². The molecule has 2 aromatic rings. The van der Waals surface area contributed by atoms with Crippen LogP contribution in [0.5, 0.6) is 0 Å². The van der Waals surface area contributed by atoms with Gasteiger partial charge in [0.2, 0.25) is 10.0 Å². The average molecular weight is 351 g/mol. The zero-order valence-electron chi connectivity index (χ0n) is 14.2. The van der Waals surface area contributed by atoms with Crippen molar-refractivity contribution in [3.63, 3.8) is 0 Å². The van der Waals surface area contributed by atoms with Crippen LogP contribution in [0.15, 0.2) is 33.6 Å². The van der Waals surface area contributed by atoms with Crippen molar-refractivity contribution in [2.45, 2.75) is 39.1 Å². The topological polar surface area (TPSA) is 87.8 Å². The number of benzene rings is 1. The van der Waals surface area contributed by atoms with Gasteiger partial charge in [-0.1, -0.05) is 31.2 Å². The summed E-state index contributed by atoms with van der Waals surface area (Å²) in [4.78, 5) is 11.2. The Balaban J connectivity index is 2.53. The molecule has 0 saturated carbocycles. The number of carboxylic acids is 1. The first-order chi connectivity index (χ1) is 11.2. The van der Waals surface area contributed by atoms with Gasteiger partial charge in [0.15, 0.2) is 0 Å². The summed E-state index contributed by atoms with van der Waals surface area (Å²) in [6.07, 6.45) is 0. The Hall–Kier alpha value is -2.12. The number of hydrogen-bond acceptors (Lipinski definition) is 4. The Morgan fingerprint density at radius 1 is 1.17 bits per heavy atom. The van der Waals surface area contributed by atoms with Crippen molar-refractivity contribution in [1.82, 2.24) is 4.31 Å². The lowest BCUT2D eigenvalue weighted by atomic mass is 10.1. The number of carboxylic acid groups (broad SMARTS) is 1. The van der Waals surface area contributed by atoms with Crippen molar-refractivity contribution in [3.05, 3.63) is 52.5 Å². The molecule has 0 amide bonds. The molecule has 0 bridgehead atoms. The summed E-state index contributed by atoms with van der Waals surface area (Å²) in [5, 5.41) is 9.37. The van der Waals surface area contributed by atoms with Crippen LogP contribution >= 0.6 is 0 Å². The standard InChI is InChI=1S/C17H21NO5S/c1-5-18(10-14-9-7-6-8-11(14)2)24(21,22)16-13(4)23-12(3)15(16)17(19)20/h6-9H,5,10H2,1-4H3,(H,19,20). The average Bonchev–Trinajstić information content (AvgIpc) is 2.81. The van der Waals surface area contributed by atoms with E-state index in [0.29, 0.717) is 0 Å². The van der Waals surface area contributed by atoms with Crippen molar-refractivity contribution < 1.29 is 22.7 Å². The van der Waals surface area contributed by atoms with E-state index in [0.717, 1.165) is 11.1 Å². The summed E-state index contributed by atoms with van der Waals surface area (Å²) in [7, 11) is -3.99. The first-order valence-electron chi connectivity index (χ1n) is 7.58. The number of furan rings is 1. The predicted molar refractivity (Wildman–Crippen MR) is 89.6 cm³/mol. The number of hydrogen-bond donors (Lipinski definition) is 1. The lowest BCUT2D eigenvalue weighted by Crippen LogP contribution is -2.32. The van der Waals surface area contributed by atoms with E-state index < -0.39 is 16.0 Å². The molecule has 7 heteroatoms. The maximum Gasteiger partial charge on any atom is 0.340 e. The lowest BCUT2D eigenvalue weighted by molar-refractivity contribution is 0.0691. The summed E-state index contributed by atoms with van der Waals surface area (Å²) in [6.45, 7) is 6.94. The van der Waals surface area contributed by atoms with E-state index >= 15 is 0 Å². The van der Waals surface area contributed by atoms with Gasteiger partial charge < -0.3 is 9.52 Å². The van der Waals surface area contributed by atoms with Gasteiger partial charge in [0, 0.05) is 13.1 Å². The Morgan fingerprint density at radius 2 is 1.79 bits per heavy atom. The van der Waals surface area contributed by atoms with Crippen LogP contribution in [0.2, 0.25) is 0 Å². The van der Waals surface area contributed by atoms with E-state index in [2.05, 4.69) is 0 Å². The van der Waals surface area contributed by atoms with Crippen molar-refractivity contribution in [1.29, 1.82) is 0 Å². The quantitative estimate of drug-likeness (QED) is 0.864. The van der Waals surface area contributed by atoms with E-state index in [1.807, 2.05) is 31.2 Å². The van der Waals surface area contributed by atoms with Crippen LogP contribution in [0.4, 0.5) is 0 Å². The normalized spacial score (nSPS) is 11.9. The van der Waals surface area contributed by atoms with E-state index in [1.165, 1.54) is 18.2 Å². The Labute approximate surface area is 141 Å². The minimum atomic E-state index is -3.99. The Kier molecular flexibility index (Phi) is 5.15. The summed E-state index contributed by atoms with van der Waals surface area (Å²) in [5.41, 5.74) is 1.55. The largest absolute Gasteiger partial charge is 0.478 e. The van der Waals surface area contributed by atoms with E-state index in [9.17, 15) is 18.3 Å². The number of aryl methyl sites for hydroxylation is 3. The molecular formula is C17H21NO5S. The molecule has 2 rings (SSSR count). The van der Waals surface area contributed by atoms with Crippen LogP contribution < -0.4 is 0 Å². The van der Waals surface area contributed by atoms with Crippen LogP contribution in [0.1, 0.15) is 39.9 Å². The lowest BCUT2D eigenvalue weighted by Gasteiger charge is -2.21. The van der Waals surface area contributed by atoms with Gasteiger partial charge in [0.25, 0.3) is 0 Å². The van der Waals surface area contributed by atoms with Gasteiger partial charge in [-0.2, -0.15) is 4.31 Å². The van der Waals surface area contributed by atoms with Crippen LogP contribution in [0.3, 0.4) is 0 Å². The fraction of sp³-hybridized carbons (Fsp3) is 0.353. The first-order valence-corrected chi connectivity index (χ1v) is 9.02. The molecule has 1 N–H and O–H groups in total. The number of rotatable bonds is 6. The van der Waals surface area contributed by atoms with E-state index in [1.54, 1.807) is 6.92 Å². The van der Waals surface area contributed by atoms with Crippen molar-refractivity contribution in [2.24, 2.45) is 0 Å². The predicted octanol–water partition coefficient (Wildman–Crippen LogP) is 3.11. The minimum absolute atomic E-state index is 0.0884. The van der Waals surface area contributed by atoms with Crippen LogP contribution in [0, 0.1) is 20.8 Å². The van der Waals surface area contributed by atoms with Crippen molar-refractivity contribution >= 4 is 16.0 Å². The highest BCUT2D eigenvalue weighted by atomic mass is 32.2. The van der Waals surface area contributed by atoms with Gasteiger partial charge in [-0.3, -0.25) is 0 Å². The number of aromatic carboxylic acids is 1. The van der Waals surface area contributed by atoms with E-state index in [4.69, 9.17) is 4.42 Å². The fourth-order valence-corrected chi connectivity index (χ4v) is 4.50. The molecule has 6 nitrogen and oxygen atoms in total. The minimum Gasteiger partial charge on any atom is -0.478 e. The summed E-state index contributed by atoms with van der Waals surface area (Å²) in [6, 6.07) is 7.50. The highest BCUT2D eigenvalue weighted by Crippen LogP contribution is 2.30. The molecule has 1 aromatic heterocycles. The zero-order chi connectivity index (χ0) is 18.1. The molecule has 0 unspecified atom stereocenters. The highest BCUT2D eigenvalue weighted by molar-refractivity contribution is 7.89. The molecule has 0 spiro atoms. The third-order valence-electron chi connectivity index (χ3n) is 3.98. The molecule has 24 heavy (non-hydrogen) atoms. The second kappa shape index (κ2) is 6.78. The summed E-state index contributed by atoms with van der Waals surface area (Å²) in [5.74, 6) is -1.13. The molecule has 0 atom stereocenters.